The normalized spacial score (nSPS) is 11.1. The average molecular weight is 257 g/mol. The van der Waals surface area contributed by atoms with Gasteiger partial charge in [-0.15, -0.1) is 0 Å². The van der Waals surface area contributed by atoms with Crippen LogP contribution in [0.2, 0.25) is 0 Å². The minimum absolute atomic E-state index is 0.179. The molecule has 3 rings (SSSR count). The maximum absolute atomic E-state index is 10.9. The van der Waals surface area contributed by atoms with Crippen LogP contribution in [0.25, 0.3) is 22.6 Å². The van der Waals surface area contributed by atoms with E-state index in [0.29, 0.717) is 17.0 Å². The van der Waals surface area contributed by atoms with Crippen molar-refractivity contribution in [3.05, 3.63) is 35.7 Å². The molecule has 0 amide bonds. The van der Waals surface area contributed by atoms with Crippen molar-refractivity contribution in [3.63, 3.8) is 0 Å². The lowest BCUT2D eigenvalue weighted by atomic mass is 10.2. The number of carbonyl (C=O) groups is 1. The van der Waals surface area contributed by atoms with Gasteiger partial charge in [0.05, 0.1) is 16.8 Å². The quantitative estimate of drug-likeness (QED) is 0.761. The SMILES string of the molecule is Cc1nn(C)cc1-c1nc2ccc(C(=O)O)cc2o1. The van der Waals surface area contributed by atoms with Gasteiger partial charge in [-0.05, 0) is 25.1 Å². The Labute approximate surface area is 108 Å². The molecule has 0 unspecified atom stereocenters. The summed E-state index contributed by atoms with van der Waals surface area (Å²) in [5, 5.41) is 13.2. The van der Waals surface area contributed by atoms with E-state index >= 15 is 0 Å². The smallest absolute Gasteiger partial charge is 0.335 e. The third-order valence-electron chi connectivity index (χ3n) is 2.88. The van der Waals surface area contributed by atoms with Crippen molar-refractivity contribution in [2.45, 2.75) is 6.92 Å². The molecular weight excluding hydrogens is 246 g/mol. The van der Waals surface area contributed by atoms with E-state index in [1.165, 1.54) is 12.1 Å². The van der Waals surface area contributed by atoms with E-state index < -0.39 is 5.97 Å². The molecule has 2 aromatic heterocycles. The maximum Gasteiger partial charge on any atom is 0.335 e. The zero-order valence-electron chi connectivity index (χ0n) is 10.4. The third-order valence-corrected chi connectivity index (χ3v) is 2.88. The Hall–Kier alpha value is -2.63. The second-order valence-corrected chi connectivity index (χ2v) is 4.31. The molecule has 1 aromatic carbocycles. The summed E-state index contributed by atoms with van der Waals surface area (Å²) in [6.07, 6.45) is 1.82. The summed E-state index contributed by atoms with van der Waals surface area (Å²) in [5.41, 5.74) is 2.88. The first-order chi connectivity index (χ1) is 9.04. The Morgan fingerprint density at radius 1 is 1.42 bits per heavy atom. The fraction of sp³-hybridized carbons (Fsp3) is 0.154. The van der Waals surface area contributed by atoms with E-state index in [4.69, 9.17) is 9.52 Å². The minimum Gasteiger partial charge on any atom is -0.478 e. The lowest BCUT2D eigenvalue weighted by molar-refractivity contribution is 0.0697. The molecule has 19 heavy (non-hydrogen) atoms. The number of carboxylic acids is 1. The molecule has 1 N–H and O–H groups in total. The van der Waals surface area contributed by atoms with E-state index in [-0.39, 0.29) is 5.56 Å². The Balaban J connectivity index is 2.16. The van der Waals surface area contributed by atoms with Crippen molar-refractivity contribution in [2.75, 3.05) is 0 Å². The van der Waals surface area contributed by atoms with E-state index in [1.807, 2.05) is 20.2 Å². The van der Waals surface area contributed by atoms with Gasteiger partial charge in [0.25, 0.3) is 0 Å². The molecule has 0 aliphatic heterocycles. The molecule has 0 aliphatic rings. The minimum atomic E-state index is -0.989. The van der Waals surface area contributed by atoms with Crippen molar-refractivity contribution in [1.82, 2.24) is 14.8 Å². The van der Waals surface area contributed by atoms with Crippen molar-refractivity contribution in [3.8, 4) is 11.5 Å². The number of rotatable bonds is 2. The van der Waals surface area contributed by atoms with Gasteiger partial charge in [-0.25, -0.2) is 9.78 Å². The summed E-state index contributed by atoms with van der Waals surface area (Å²) in [7, 11) is 1.82. The van der Waals surface area contributed by atoms with Crippen molar-refractivity contribution in [1.29, 1.82) is 0 Å². The number of aromatic nitrogens is 3. The molecule has 96 valence electrons. The van der Waals surface area contributed by atoms with Crippen LogP contribution in [0.1, 0.15) is 16.1 Å². The van der Waals surface area contributed by atoms with Crippen LogP contribution in [0.3, 0.4) is 0 Å². The Morgan fingerprint density at radius 2 is 2.21 bits per heavy atom. The van der Waals surface area contributed by atoms with Gasteiger partial charge in [0.15, 0.2) is 5.58 Å². The molecule has 6 nitrogen and oxygen atoms in total. The van der Waals surface area contributed by atoms with Crippen LogP contribution in [-0.2, 0) is 7.05 Å². The van der Waals surface area contributed by atoms with E-state index in [9.17, 15) is 4.79 Å². The number of nitrogens with zero attached hydrogens (tertiary/aromatic N) is 3. The fourth-order valence-electron chi connectivity index (χ4n) is 1.98. The van der Waals surface area contributed by atoms with Gasteiger partial charge >= 0.3 is 5.97 Å². The van der Waals surface area contributed by atoms with Crippen LogP contribution in [0, 0.1) is 6.92 Å². The molecule has 0 atom stereocenters. The number of carboxylic acid groups (broad SMARTS) is 1. The maximum atomic E-state index is 10.9. The van der Waals surface area contributed by atoms with Crippen LogP contribution in [0.5, 0.6) is 0 Å². The second-order valence-electron chi connectivity index (χ2n) is 4.31. The first kappa shape index (κ1) is 11.5. The Kier molecular flexibility index (Phi) is 2.38. The molecule has 0 fully saturated rings. The first-order valence-electron chi connectivity index (χ1n) is 5.69. The van der Waals surface area contributed by atoms with Crippen LogP contribution in [-0.4, -0.2) is 25.8 Å². The molecule has 6 heteroatoms. The molecule has 2 heterocycles. The van der Waals surface area contributed by atoms with E-state index in [0.717, 1.165) is 11.3 Å². The number of benzene rings is 1. The molecule has 0 spiro atoms. The highest BCUT2D eigenvalue weighted by atomic mass is 16.4. The summed E-state index contributed by atoms with van der Waals surface area (Å²) in [6.45, 7) is 1.87. The molecule has 0 saturated carbocycles. The van der Waals surface area contributed by atoms with Gasteiger partial charge in [-0.1, -0.05) is 0 Å². The lowest BCUT2D eigenvalue weighted by Crippen LogP contribution is -1.94. The van der Waals surface area contributed by atoms with Crippen molar-refractivity contribution >= 4 is 17.1 Å². The van der Waals surface area contributed by atoms with Crippen LogP contribution in [0.15, 0.2) is 28.8 Å². The molecule has 3 aromatic rings. The monoisotopic (exact) mass is 257 g/mol. The highest BCUT2D eigenvalue weighted by molar-refractivity contribution is 5.92. The first-order valence-corrected chi connectivity index (χ1v) is 5.69. The third kappa shape index (κ3) is 1.87. The fourth-order valence-corrected chi connectivity index (χ4v) is 1.98. The summed E-state index contributed by atoms with van der Waals surface area (Å²) in [5.74, 6) is -0.541. The standard InChI is InChI=1S/C13H11N3O3/c1-7-9(6-16(2)15-7)12-14-10-4-3-8(13(17)18)5-11(10)19-12/h3-6H,1-2H3,(H,17,18). The number of hydrogen-bond acceptors (Lipinski definition) is 4. The Morgan fingerprint density at radius 3 is 2.84 bits per heavy atom. The summed E-state index contributed by atoms with van der Waals surface area (Å²) >= 11 is 0. The molecule has 0 radical (unpaired) electrons. The predicted octanol–water partition coefficient (Wildman–Crippen LogP) is 2.23. The Bertz CT molecular complexity index is 786. The summed E-state index contributed by atoms with van der Waals surface area (Å²) < 4.78 is 7.29. The largest absolute Gasteiger partial charge is 0.478 e. The van der Waals surface area contributed by atoms with Gasteiger partial charge in [0.1, 0.15) is 5.52 Å². The van der Waals surface area contributed by atoms with Crippen LogP contribution >= 0.6 is 0 Å². The molecular formula is C13H11N3O3. The number of aryl methyl sites for hydroxylation is 2. The molecule has 0 aliphatic carbocycles. The highest BCUT2D eigenvalue weighted by Gasteiger charge is 2.14. The zero-order chi connectivity index (χ0) is 13.6. The number of oxazole rings is 1. The molecule has 0 saturated heterocycles. The van der Waals surface area contributed by atoms with Gasteiger partial charge in [0, 0.05) is 13.2 Å². The highest BCUT2D eigenvalue weighted by Crippen LogP contribution is 2.26. The van der Waals surface area contributed by atoms with Gasteiger partial charge < -0.3 is 9.52 Å². The van der Waals surface area contributed by atoms with Gasteiger partial charge in [-0.2, -0.15) is 5.10 Å². The average Bonchev–Trinajstić information content (AvgIpc) is 2.90. The lowest BCUT2D eigenvalue weighted by Gasteiger charge is -1.91. The number of hydrogen-bond donors (Lipinski definition) is 1. The molecule has 0 bridgehead atoms. The second kappa shape index (κ2) is 3.94. The van der Waals surface area contributed by atoms with E-state index in [2.05, 4.69) is 10.1 Å². The predicted molar refractivity (Wildman–Crippen MR) is 67.9 cm³/mol. The topological polar surface area (TPSA) is 81.2 Å². The van der Waals surface area contributed by atoms with Crippen molar-refractivity contribution < 1.29 is 14.3 Å². The number of fused-ring (bicyclic) bond motifs is 1. The zero-order valence-corrected chi connectivity index (χ0v) is 10.4. The van der Waals surface area contributed by atoms with Gasteiger partial charge in [-0.3, -0.25) is 4.68 Å². The summed E-state index contributed by atoms with van der Waals surface area (Å²) in [6, 6.07) is 4.62. The van der Waals surface area contributed by atoms with E-state index in [1.54, 1.807) is 10.7 Å². The van der Waals surface area contributed by atoms with Crippen LogP contribution in [0.4, 0.5) is 0 Å². The van der Waals surface area contributed by atoms with Crippen LogP contribution < -0.4 is 0 Å². The summed E-state index contributed by atoms with van der Waals surface area (Å²) in [4.78, 5) is 15.2. The van der Waals surface area contributed by atoms with Gasteiger partial charge in [0.2, 0.25) is 5.89 Å². The number of aromatic carboxylic acids is 1. The van der Waals surface area contributed by atoms with Crippen molar-refractivity contribution in [2.24, 2.45) is 7.05 Å².